The highest BCUT2D eigenvalue weighted by Crippen LogP contribution is 2.22. The van der Waals surface area contributed by atoms with E-state index in [2.05, 4.69) is 5.10 Å². The van der Waals surface area contributed by atoms with Gasteiger partial charge in [0.15, 0.2) is 0 Å². The summed E-state index contributed by atoms with van der Waals surface area (Å²) in [5.74, 6) is -0.756. The summed E-state index contributed by atoms with van der Waals surface area (Å²) >= 11 is 0. The van der Waals surface area contributed by atoms with Gasteiger partial charge in [0.25, 0.3) is 11.8 Å². The summed E-state index contributed by atoms with van der Waals surface area (Å²) in [7, 11) is 0. The van der Waals surface area contributed by atoms with Crippen LogP contribution in [0.2, 0.25) is 0 Å². The highest BCUT2D eigenvalue weighted by molar-refractivity contribution is 6.21. The molecule has 2 amide bonds. The van der Waals surface area contributed by atoms with Gasteiger partial charge in [-0.1, -0.05) is 35.9 Å². The first-order valence-electron chi connectivity index (χ1n) is 6.67. The molecule has 1 heterocycles. The van der Waals surface area contributed by atoms with E-state index in [0.717, 1.165) is 21.7 Å². The van der Waals surface area contributed by atoms with Crippen LogP contribution in [0.15, 0.2) is 47.6 Å². The zero-order valence-electron chi connectivity index (χ0n) is 11.8. The topological polar surface area (TPSA) is 49.7 Å². The Hall–Kier alpha value is -2.75. The third kappa shape index (κ3) is 2.25. The first-order valence-corrected chi connectivity index (χ1v) is 6.67. The van der Waals surface area contributed by atoms with Crippen LogP contribution in [0.1, 0.15) is 37.4 Å². The molecule has 21 heavy (non-hydrogen) atoms. The average Bonchev–Trinajstić information content (AvgIpc) is 2.71. The number of carbonyl (C=O) groups is 2. The molecule has 0 fully saturated rings. The van der Waals surface area contributed by atoms with Gasteiger partial charge < -0.3 is 0 Å². The van der Waals surface area contributed by atoms with E-state index >= 15 is 0 Å². The molecular formula is C17H14N2O2. The molecule has 1 aliphatic rings. The Morgan fingerprint density at radius 2 is 1.57 bits per heavy atom. The lowest BCUT2D eigenvalue weighted by molar-refractivity contribution is 0.0660. The van der Waals surface area contributed by atoms with Crippen molar-refractivity contribution < 1.29 is 9.59 Å². The summed E-state index contributed by atoms with van der Waals surface area (Å²) in [5, 5.41) is 4.99. The van der Waals surface area contributed by atoms with E-state index in [9.17, 15) is 9.59 Å². The van der Waals surface area contributed by atoms with Crippen LogP contribution in [0.5, 0.6) is 0 Å². The smallest absolute Gasteiger partial charge is 0.267 e. The van der Waals surface area contributed by atoms with Crippen LogP contribution in [0.25, 0.3) is 0 Å². The largest absolute Gasteiger partial charge is 0.282 e. The number of fused-ring (bicyclic) bond motifs is 1. The first kappa shape index (κ1) is 13.2. The van der Waals surface area contributed by atoms with Gasteiger partial charge in [0.1, 0.15) is 0 Å². The van der Waals surface area contributed by atoms with Gasteiger partial charge in [0.2, 0.25) is 0 Å². The molecule has 0 N–H and O–H groups in total. The zero-order chi connectivity index (χ0) is 15.0. The highest BCUT2D eigenvalue weighted by Gasteiger charge is 2.35. The van der Waals surface area contributed by atoms with Crippen LogP contribution < -0.4 is 0 Å². The Morgan fingerprint density at radius 1 is 0.952 bits per heavy atom. The fourth-order valence-corrected chi connectivity index (χ4v) is 2.37. The average molecular weight is 278 g/mol. The van der Waals surface area contributed by atoms with E-state index < -0.39 is 0 Å². The number of hydrogen-bond donors (Lipinski definition) is 0. The second-order valence-electron chi connectivity index (χ2n) is 5.07. The molecule has 0 aliphatic carbocycles. The van der Waals surface area contributed by atoms with Crippen LogP contribution in [0, 0.1) is 13.8 Å². The number of benzene rings is 2. The van der Waals surface area contributed by atoms with Crippen molar-refractivity contribution in [3.8, 4) is 0 Å². The molecule has 2 aromatic carbocycles. The van der Waals surface area contributed by atoms with Gasteiger partial charge in [0, 0.05) is 0 Å². The Balaban J connectivity index is 1.91. The van der Waals surface area contributed by atoms with Gasteiger partial charge in [-0.3, -0.25) is 9.59 Å². The van der Waals surface area contributed by atoms with Crippen molar-refractivity contribution in [2.24, 2.45) is 5.10 Å². The highest BCUT2D eigenvalue weighted by atomic mass is 16.2. The summed E-state index contributed by atoms with van der Waals surface area (Å²) in [6.07, 6.45) is 1.55. The van der Waals surface area contributed by atoms with Crippen LogP contribution in [0.3, 0.4) is 0 Å². The van der Waals surface area contributed by atoms with Gasteiger partial charge in [-0.2, -0.15) is 10.1 Å². The van der Waals surface area contributed by atoms with Crippen LogP contribution in [-0.4, -0.2) is 23.0 Å². The molecule has 0 unspecified atom stereocenters. The molecule has 104 valence electrons. The number of carbonyl (C=O) groups excluding carboxylic acids is 2. The molecule has 4 heteroatoms. The van der Waals surface area contributed by atoms with Crippen LogP contribution in [0.4, 0.5) is 0 Å². The molecule has 4 nitrogen and oxygen atoms in total. The minimum absolute atomic E-state index is 0.378. The number of hydrogen-bond acceptors (Lipinski definition) is 3. The SMILES string of the molecule is Cc1ccc(/C=N\N2C(=O)c3ccccc3C2=O)c(C)c1. The minimum Gasteiger partial charge on any atom is -0.267 e. The second kappa shape index (κ2) is 4.98. The Morgan fingerprint density at radius 3 is 2.14 bits per heavy atom. The summed E-state index contributed by atoms with van der Waals surface area (Å²) in [5.41, 5.74) is 3.90. The van der Waals surface area contributed by atoms with Crippen molar-refractivity contribution >= 4 is 18.0 Å². The zero-order valence-corrected chi connectivity index (χ0v) is 11.8. The molecule has 3 rings (SSSR count). The van der Waals surface area contributed by atoms with Gasteiger partial charge in [0.05, 0.1) is 17.3 Å². The van der Waals surface area contributed by atoms with Crippen molar-refractivity contribution in [2.75, 3.05) is 0 Å². The molecular weight excluding hydrogens is 264 g/mol. The second-order valence-corrected chi connectivity index (χ2v) is 5.07. The van der Waals surface area contributed by atoms with Gasteiger partial charge in [-0.15, -0.1) is 0 Å². The third-order valence-electron chi connectivity index (χ3n) is 3.51. The number of hydrazone groups is 1. The molecule has 0 saturated heterocycles. The maximum Gasteiger partial charge on any atom is 0.282 e. The van der Waals surface area contributed by atoms with Crippen molar-refractivity contribution in [3.63, 3.8) is 0 Å². The lowest BCUT2D eigenvalue weighted by Crippen LogP contribution is -2.24. The summed E-state index contributed by atoms with van der Waals surface area (Å²) in [4.78, 5) is 24.3. The van der Waals surface area contributed by atoms with Crippen LogP contribution in [-0.2, 0) is 0 Å². The Labute approximate surface area is 122 Å². The van der Waals surface area contributed by atoms with E-state index in [0.29, 0.717) is 11.1 Å². The van der Waals surface area contributed by atoms with Crippen molar-refractivity contribution in [1.82, 2.24) is 5.01 Å². The Kier molecular flexibility index (Phi) is 3.14. The molecule has 2 aromatic rings. The summed E-state index contributed by atoms with van der Waals surface area (Å²) < 4.78 is 0. The van der Waals surface area contributed by atoms with E-state index in [1.165, 1.54) is 0 Å². The molecule has 0 bridgehead atoms. The van der Waals surface area contributed by atoms with Crippen molar-refractivity contribution in [2.45, 2.75) is 13.8 Å². The summed E-state index contributed by atoms with van der Waals surface area (Å²) in [6.45, 7) is 3.98. The number of rotatable bonds is 2. The standard InChI is InChI=1S/C17H14N2O2/c1-11-7-8-13(12(2)9-11)10-18-19-16(20)14-5-3-4-6-15(14)17(19)21/h3-10H,1-2H3/b18-10-. The minimum atomic E-state index is -0.378. The molecule has 0 aromatic heterocycles. The predicted molar refractivity (Wildman–Crippen MR) is 80.5 cm³/mol. The lowest BCUT2D eigenvalue weighted by atomic mass is 10.1. The number of imide groups is 1. The van der Waals surface area contributed by atoms with E-state index in [1.807, 2.05) is 32.0 Å². The Bertz CT molecular complexity index is 743. The van der Waals surface area contributed by atoms with E-state index in [1.54, 1.807) is 30.5 Å². The molecule has 0 spiro atoms. The van der Waals surface area contributed by atoms with Crippen molar-refractivity contribution in [1.29, 1.82) is 0 Å². The summed E-state index contributed by atoms with van der Waals surface area (Å²) in [6, 6.07) is 12.7. The van der Waals surface area contributed by atoms with Gasteiger partial charge in [-0.25, -0.2) is 0 Å². The van der Waals surface area contributed by atoms with E-state index in [-0.39, 0.29) is 11.8 Å². The molecule has 0 atom stereocenters. The number of amides is 2. The van der Waals surface area contributed by atoms with Gasteiger partial charge >= 0.3 is 0 Å². The molecule has 0 saturated carbocycles. The lowest BCUT2D eigenvalue weighted by Gasteiger charge is -2.06. The quantitative estimate of drug-likeness (QED) is 0.626. The number of nitrogens with zero attached hydrogens (tertiary/aromatic N) is 2. The maximum atomic E-state index is 12.2. The van der Waals surface area contributed by atoms with Gasteiger partial charge in [-0.05, 0) is 37.1 Å². The van der Waals surface area contributed by atoms with Crippen molar-refractivity contribution in [3.05, 3.63) is 70.3 Å². The van der Waals surface area contributed by atoms with Crippen LogP contribution >= 0.6 is 0 Å². The predicted octanol–water partition coefficient (Wildman–Crippen LogP) is 2.93. The van der Waals surface area contributed by atoms with E-state index in [4.69, 9.17) is 0 Å². The fraction of sp³-hybridized carbons (Fsp3) is 0.118. The first-order chi connectivity index (χ1) is 10.1. The normalized spacial score (nSPS) is 14.1. The molecule has 1 aliphatic heterocycles. The fourth-order valence-electron chi connectivity index (χ4n) is 2.37. The monoisotopic (exact) mass is 278 g/mol. The number of aryl methyl sites for hydroxylation is 2. The third-order valence-corrected chi connectivity index (χ3v) is 3.51. The molecule has 0 radical (unpaired) electrons. The maximum absolute atomic E-state index is 12.2.